The molecule has 0 radical (unpaired) electrons. The number of para-hydroxylation sites is 1. The van der Waals surface area contributed by atoms with Crippen molar-refractivity contribution in [3.8, 4) is 0 Å². The molecule has 2 N–H and O–H groups in total. The molecule has 1 heterocycles. The van der Waals surface area contributed by atoms with Crippen LogP contribution in [0.2, 0.25) is 0 Å². The van der Waals surface area contributed by atoms with E-state index in [0.717, 1.165) is 28.3 Å². The molecule has 6 nitrogen and oxygen atoms in total. The van der Waals surface area contributed by atoms with Gasteiger partial charge in [0.2, 0.25) is 11.8 Å². The number of anilines is 1. The van der Waals surface area contributed by atoms with E-state index in [1.807, 2.05) is 63.1 Å². The van der Waals surface area contributed by atoms with Crippen LogP contribution < -0.4 is 10.6 Å². The average Bonchev–Trinajstić information content (AvgIpc) is 3.00. The molecule has 0 aliphatic carbocycles. The molecule has 2 rings (SSSR count). The molecule has 1 atom stereocenters. The molecule has 0 aliphatic heterocycles. The van der Waals surface area contributed by atoms with Crippen LogP contribution in [0, 0.1) is 20.8 Å². The van der Waals surface area contributed by atoms with Crippen LogP contribution in [0.15, 0.2) is 34.7 Å². The van der Waals surface area contributed by atoms with Gasteiger partial charge in [-0.15, -0.1) is 0 Å². The predicted molar refractivity (Wildman–Crippen MR) is 102 cm³/mol. The lowest BCUT2D eigenvalue weighted by atomic mass is 10.1. The lowest BCUT2D eigenvalue weighted by molar-refractivity contribution is -0.127. The fraction of sp³-hybridized carbons (Fsp3) is 0.400. The first kappa shape index (κ1) is 19.7. The van der Waals surface area contributed by atoms with Crippen molar-refractivity contribution in [3.63, 3.8) is 0 Å². The topological polar surface area (TPSA) is 74.6 Å². The first-order valence-electron chi connectivity index (χ1n) is 8.67. The number of aryl methyl sites for hydroxylation is 3. The molecule has 2 amide bonds. The summed E-state index contributed by atoms with van der Waals surface area (Å²) in [6.07, 6.45) is 0. The third kappa shape index (κ3) is 5.20. The number of hydrogen-bond acceptors (Lipinski definition) is 4. The molecule has 0 saturated heterocycles. The highest BCUT2D eigenvalue weighted by atomic mass is 16.3. The number of nitrogens with one attached hydrogen (secondary N) is 2. The van der Waals surface area contributed by atoms with E-state index in [0.29, 0.717) is 6.54 Å². The maximum Gasteiger partial charge on any atom is 0.243 e. The smallest absolute Gasteiger partial charge is 0.243 e. The Hall–Kier alpha value is -2.60. The summed E-state index contributed by atoms with van der Waals surface area (Å²) in [5.41, 5.74) is 2.78. The number of carbonyl (C=O) groups excluding carboxylic acids is 2. The number of nitrogens with zero attached hydrogens (tertiary/aromatic N) is 1. The van der Waals surface area contributed by atoms with Gasteiger partial charge in [0.1, 0.15) is 11.5 Å². The molecule has 26 heavy (non-hydrogen) atoms. The van der Waals surface area contributed by atoms with E-state index in [1.165, 1.54) is 0 Å². The molecular weight excluding hydrogens is 330 g/mol. The van der Waals surface area contributed by atoms with Gasteiger partial charge in [0, 0.05) is 5.69 Å². The number of amides is 2. The van der Waals surface area contributed by atoms with E-state index in [1.54, 1.807) is 6.92 Å². The molecule has 0 bridgehead atoms. The second-order valence-corrected chi connectivity index (χ2v) is 6.64. The zero-order chi connectivity index (χ0) is 19.3. The second-order valence-electron chi connectivity index (χ2n) is 6.64. The molecule has 0 aliphatic rings. The molecule has 0 spiro atoms. The van der Waals surface area contributed by atoms with Crippen molar-refractivity contribution in [3.05, 3.63) is 53.0 Å². The fourth-order valence-electron chi connectivity index (χ4n) is 2.66. The fourth-order valence-corrected chi connectivity index (χ4v) is 2.66. The summed E-state index contributed by atoms with van der Waals surface area (Å²) in [7, 11) is 1.85. The van der Waals surface area contributed by atoms with Crippen LogP contribution in [-0.2, 0) is 16.1 Å². The number of hydrogen-bond donors (Lipinski definition) is 2. The molecular formula is C20H27N3O3. The summed E-state index contributed by atoms with van der Waals surface area (Å²) >= 11 is 0. The lowest BCUT2D eigenvalue weighted by Gasteiger charge is -2.22. The van der Waals surface area contributed by atoms with Gasteiger partial charge in [0.05, 0.1) is 19.1 Å². The Morgan fingerprint density at radius 3 is 2.35 bits per heavy atom. The summed E-state index contributed by atoms with van der Waals surface area (Å²) < 4.78 is 5.53. The van der Waals surface area contributed by atoms with Gasteiger partial charge in [0.15, 0.2) is 0 Å². The van der Waals surface area contributed by atoms with E-state index in [4.69, 9.17) is 4.42 Å². The summed E-state index contributed by atoms with van der Waals surface area (Å²) in [5.74, 6) is 1.20. The summed E-state index contributed by atoms with van der Waals surface area (Å²) in [6, 6.07) is 9.23. The molecule has 0 unspecified atom stereocenters. The van der Waals surface area contributed by atoms with Crippen LogP contribution in [0.25, 0.3) is 0 Å². The van der Waals surface area contributed by atoms with Gasteiger partial charge in [-0.25, -0.2) is 0 Å². The highest BCUT2D eigenvalue weighted by molar-refractivity contribution is 5.96. The number of benzene rings is 1. The minimum Gasteiger partial charge on any atom is -0.465 e. The number of carbonyl (C=O) groups is 2. The lowest BCUT2D eigenvalue weighted by Crippen LogP contribution is -2.45. The van der Waals surface area contributed by atoms with Gasteiger partial charge in [-0.1, -0.05) is 18.2 Å². The van der Waals surface area contributed by atoms with Crippen molar-refractivity contribution < 1.29 is 14.0 Å². The molecule has 6 heteroatoms. The van der Waals surface area contributed by atoms with Crippen LogP contribution in [0.5, 0.6) is 0 Å². The van der Waals surface area contributed by atoms with Crippen LogP contribution in [0.3, 0.4) is 0 Å². The first-order valence-corrected chi connectivity index (χ1v) is 8.67. The second kappa shape index (κ2) is 8.67. The standard InChI is InChI=1S/C20H27N3O3/c1-13-7-6-8-14(2)19(13)22-18(24)11-21-20(25)16(4)23(5)12-17-10-9-15(3)26-17/h6-10,16H,11-12H2,1-5H3,(H,21,25)(H,22,24)/t16-/m1/s1. The molecule has 2 aromatic rings. The van der Waals surface area contributed by atoms with Gasteiger partial charge in [0.25, 0.3) is 0 Å². The molecule has 1 aromatic heterocycles. The van der Waals surface area contributed by atoms with Crippen LogP contribution in [0.4, 0.5) is 5.69 Å². The van der Waals surface area contributed by atoms with E-state index in [2.05, 4.69) is 10.6 Å². The van der Waals surface area contributed by atoms with Crippen LogP contribution in [0.1, 0.15) is 29.6 Å². The number of furan rings is 1. The van der Waals surface area contributed by atoms with Crippen LogP contribution in [-0.4, -0.2) is 36.3 Å². The highest BCUT2D eigenvalue weighted by Crippen LogP contribution is 2.19. The Labute approximate surface area is 154 Å². The van der Waals surface area contributed by atoms with Crippen molar-refractivity contribution in [1.29, 1.82) is 0 Å². The van der Waals surface area contributed by atoms with Crippen molar-refractivity contribution in [2.45, 2.75) is 40.3 Å². The number of rotatable bonds is 7. The third-order valence-electron chi connectivity index (χ3n) is 4.41. The van der Waals surface area contributed by atoms with E-state index in [9.17, 15) is 9.59 Å². The first-order chi connectivity index (χ1) is 12.3. The maximum atomic E-state index is 12.3. The molecule has 0 fully saturated rings. The van der Waals surface area contributed by atoms with Gasteiger partial charge in [-0.05, 0) is 58.0 Å². The van der Waals surface area contributed by atoms with Crippen molar-refractivity contribution in [1.82, 2.24) is 10.2 Å². The largest absolute Gasteiger partial charge is 0.465 e. The van der Waals surface area contributed by atoms with E-state index >= 15 is 0 Å². The number of likely N-dealkylation sites (N-methyl/N-ethyl adjacent to an activating group) is 1. The summed E-state index contributed by atoms with van der Waals surface area (Å²) in [6.45, 7) is 8.02. The Balaban J connectivity index is 1.84. The Bertz CT molecular complexity index is 762. The van der Waals surface area contributed by atoms with Gasteiger partial charge in [-0.3, -0.25) is 14.5 Å². The van der Waals surface area contributed by atoms with E-state index in [-0.39, 0.29) is 24.4 Å². The van der Waals surface area contributed by atoms with Crippen molar-refractivity contribution in [2.75, 3.05) is 18.9 Å². The monoisotopic (exact) mass is 357 g/mol. The molecule has 0 saturated carbocycles. The Morgan fingerprint density at radius 1 is 1.12 bits per heavy atom. The highest BCUT2D eigenvalue weighted by Gasteiger charge is 2.20. The Morgan fingerprint density at radius 2 is 1.77 bits per heavy atom. The molecule has 140 valence electrons. The Kier molecular flexibility index (Phi) is 6.58. The van der Waals surface area contributed by atoms with Crippen molar-refractivity contribution >= 4 is 17.5 Å². The van der Waals surface area contributed by atoms with E-state index < -0.39 is 0 Å². The zero-order valence-corrected chi connectivity index (χ0v) is 16.1. The zero-order valence-electron chi connectivity index (χ0n) is 16.1. The minimum absolute atomic E-state index is 0.0648. The van der Waals surface area contributed by atoms with Gasteiger partial charge in [-0.2, -0.15) is 0 Å². The summed E-state index contributed by atoms with van der Waals surface area (Å²) in [4.78, 5) is 26.3. The third-order valence-corrected chi connectivity index (χ3v) is 4.41. The minimum atomic E-state index is -0.381. The van der Waals surface area contributed by atoms with Gasteiger partial charge >= 0.3 is 0 Å². The van der Waals surface area contributed by atoms with Crippen LogP contribution >= 0.6 is 0 Å². The van der Waals surface area contributed by atoms with Crippen molar-refractivity contribution in [2.24, 2.45) is 0 Å². The normalized spacial score (nSPS) is 12.1. The maximum absolute atomic E-state index is 12.3. The SMILES string of the molecule is Cc1ccc(CN(C)[C@H](C)C(=O)NCC(=O)Nc2c(C)cccc2C)o1. The quantitative estimate of drug-likeness (QED) is 0.799. The van der Waals surface area contributed by atoms with Gasteiger partial charge < -0.3 is 15.1 Å². The summed E-state index contributed by atoms with van der Waals surface area (Å²) in [5, 5.41) is 5.55. The molecule has 1 aromatic carbocycles. The predicted octanol–water partition coefficient (Wildman–Crippen LogP) is 2.78. The average molecular weight is 357 g/mol.